The van der Waals surface area contributed by atoms with E-state index in [1.807, 2.05) is 18.7 Å². The van der Waals surface area contributed by atoms with Crippen molar-refractivity contribution >= 4 is 29.2 Å². The second-order valence-electron chi connectivity index (χ2n) is 10.7. The summed E-state index contributed by atoms with van der Waals surface area (Å²) in [5, 5.41) is 31.1. The van der Waals surface area contributed by atoms with Crippen LogP contribution in [0.3, 0.4) is 0 Å². The van der Waals surface area contributed by atoms with Crippen molar-refractivity contribution in [1.82, 2.24) is 20.1 Å². The highest BCUT2D eigenvalue weighted by molar-refractivity contribution is 6.30. The lowest BCUT2D eigenvalue weighted by Gasteiger charge is -2.43. The molecule has 3 aromatic rings. The summed E-state index contributed by atoms with van der Waals surface area (Å²) in [5.74, 6) is -1.43. The van der Waals surface area contributed by atoms with Gasteiger partial charge in [0.15, 0.2) is 11.6 Å². The molecule has 1 saturated heterocycles. The van der Waals surface area contributed by atoms with E-state index in [9.17, 15) is 19.4 Å². The fourth-order valence-electron chi connectivity index (χ4n) is 5.35. The number of halogens is 3. The average molecular weight is 546 g/mol. The molecule has 0 unspecified atom stereocenters. The summed E-state index contributed by atoms with van der Waals surface area (Å²) in [4.78, 5) is 19.1. The van der Waals surface area contributed by atoms with Gasteiger partial charge in [-0.1, -0.05) is 23.7 Å². The van der Waals surface area contributed by atoms with Gasteiger partial charge in [-0.05, 0) is 58.2 Å². The number of anilines is 2. The van der Waals surface area contributed by atoms with E-state index in [2.05, 4.69) is 20.5 Å². The highest BCUT2D eigenvalue weighted by atomic mass is 35.5. The third-order valence-electron chi connectivity index (χ3n) is 7.76. The Kier molecular flexibility index (Phi) is 6.91. The molecule has 0 bridgehead atoms. The Labute approximate surface area is 224 Å². The van der Waals surface area contributed by atoms with Crippen LogP contribution in [0.1, 0.15) is 55.1 Å². The van der Waals surface area contributed by atoms with Crippen molar-refractivity contribution in [3.05, 3.63) is 69.5 Å². The molecule has 11 heteroatoms. The molecule has 2 fully saturated rings. The van der Waals surface area contributed by atoms with Crippen LogP contribution in [0.2, 0.25) is 5.02 Å². The third kappa shape index (κ3) is 5.12. The van der Waals surface area contributed by atoms with E-state index < -0.39 is 28.6 Å². The number of hydrogen-bond acceptors (Lipinski definition) is 6. The van der Waals surface area contributed by atoms with E-state index in [1.165, 1.54) is 12.1 Å². The molecule has 0 radical (unpaired) electrons. The number of rotatable bonds is 8. The van der Waals surface area contributed by atoms with Crippen molar-refractivity contribution in [2.75, 3.05) is 11.9 Å². The summed E-state index contributed by atoms with van der Waals surface area (Å²) >= 11 is 5.93. The standard InChI is InChI=1S/C27H30ClF2N5O3/c1-15-10-22(34-33-15)32-21-11-18(27(38)6-7-27)24(30)20(31-21)13-26(25(36)37)8-9-35(16(2)12-26)14-17-4-3-5-19(28)23(17)29/h3-5,10-11,16,38H,6-9,12-14H2,1-2H3,(H,36,37)(H2,31,32,33,34)/t16-,26-/m1/s1. The number of H-pyrrole nitrogens is 1. The van der Waals surface area contributed by atoms with Crippen LogP contribution in [-0.4, -0.2) is 48.9 Å². The quantitative estimate of drug-likeness (QED) is 0.312. The first kappa shape index (κ1) is 26.5. The molecule has 0 spiro atoms. The van der Waals surface area contributed by atoms with Crippen LogP contribution >= 0.6 is 11.6 Å². The van der Waals surface area contributed by atoms with Crippen LogP contribution in [0.4, 0.5) is 20.4 Å². The number of pyridine rings is 1. The fourth-order valence-corrected chi connectivity index (χ4v) is 5.55. The maximum atomic E-state index is 15.7. The first-order chi connectivity index (χ1) is 18.0. The normalized spacial score (nSPS) is 22.8. The molecule has 3 heterocycles. The first-order valence-electron chi connectivity index (χ1n) is 12.6. The van der Waals surface area contributed by atoms with Gasteiger partial charge < -0.3 is 15.5 Å². The van der Waals surface area contributed by atoms with Crippen LogP contribution in [-0.2, 0) is 23.4 Å². The van der Waals surface area contributed by atoms with Gasteiger partial charge in [0.1, 0.15) is 11.6 Å². The Hall–Kier alpha value is -3.08. The second kappa shape index (κ2) is 9.91. The monoisotopic (exact) mass is 545 g/mol. The number of aromatic amines is 1. The van der Waals surface area contributed by atoms with Crippen molar-refractivity contribution in [1.29, 1.82) is 0 Å². The Balaban J connectivity index is 1.42. The number of aromatic nitrogens is 3. The van der Waals surface area contributed by atoms with Crippen LogP contribution in [0, 0.1) is 24.0 Å². The Bertz CT molecular complexity index is 1380. The lowest BCUT2D eigenvalue weighted by Crippen LogP contribution is -2.50. The zero-order valence-electron chi connectivity index (χ0n) is 21.2. The summed E-state index contributed by atoms with van der Waals surface area (Å²) in [7, 11) is 0. The van der Waals surface area contributed by atoms with Crippen molar-refractivity contribution in [2.24, 2.45) is 5.41 Å². The molecule has 202 valence electrons. The van der Waals surface area contributed by atoms with Gasteiger partial charge in [0.2, 0.25) is 0 Å². The van der Waals surface area contributed by atoms with Crippen molar-refractivity contribution < 1.29 is 23.8 Å². The number of benzene rings is 1. The van der Waals surface area contributed by atoms with Gasteiger partial charge in [-0.2, -0.15) is 5.10 Å². The molecule has 0 amide bonds. The van der Waals surface area contributed by atoms with Crippen LogP contribution in [0.5, 0.6) is 0 Å². The molecule has 5 rings (SSSR count). The molecular formula is C27H30ClF2N5O3. The number of nitrogens with zero attached hydrogens (tertiary/aromatic N) is 3. The van der Waals surface area contributed by atoms with E-state index in [0.29, 0.717) is 30.8 Å². The van der Waals surface area contributed by atoms with Crippen LogP contribution < -0.4 is 5.32 Å². The van der Waals surface area contributed by atoms with Gasteiger partial charge >= 0.3 is 5.97 Å². The van der Waals surface area contributed by atoms with E-state index in [1.54, 1.807) is 18.2 Å². The molecule has 1 aliphatic carbocycles. The predicted octanol–water partition coefficient (Wildman–Crippen LogP) is 5.07. The van der Waals surface area contributed by atoms with E-state index in [0.717, 1.165) is 5.69 Å². The lowest BCUT2D eigenvalue weighted by atomic mass is 9.72. The molecule has 1 aromatic carbocycles. The van der Waals surface area contributed by atoms with E-state index in [4.69, 9.17) is 11.6 Å². The Morgan fingerprint density at radius 1 is 1.24 bits per heavy atom. The third-order valence-corrected chi connectivity index (χ3v) is 8.06. The average Bonchev–Trinajstić information content (AvgIpc) is 3.48. The predicted molar refractivity (Wildman–Crippen MR) is 138 cm³/mol. The van der Waals surface area contributed by atoms with Crippen LogP contribution in [0.15, 0.2) is 30.3 Å². The maximum absolute atomic E-state index is 15.7. The Morgan fingerprint density at radius 2 is 2.00 bits per heavy atom. The van der Waals surface area contributed by atoms with Gasteiger partial charge in [-0.25, -0.2) is 13.8 Å². The summed E-state index contributed by atoms with van der Waals surface area (Å²) in [6, 6.07) is 7.84. The van der Waals surface area contributed by atoms with Crippen LogP contribution in [0.25, 0.3) is 0 Å². The molecule has 2 aromatic heterocycles. The van der Waals surface area contributed by atoms with Crippen molar-refractivity contribution in [3.63, 3.8) is 0 Å². The largest absolute Gasteiger partial charge is 0.481 e. The number of carbonyl (C=O) groups is 1. The molecular weight excluding hydrogens is 516 g/mol. The molecule has 1 aliphatic heterocycles. The number of piperidine rings is 1. The molecule has 1 saturated carbocycles. The Morgan fingerprint density at radius 3 is 2.63 bits per heavy atom. The first-order valence-corrected chi connectivity index (χ1v) is 13.0. The number of carboxylic acids is 1. The minimum atomic E-state index is -1.28. The zero-order valence-corrected chi connectivity index (χ0v) is 21.9. The van der Waals surface area contributed by atoms with Gasteiger partial charge in [-0.15, -0.1) is 0 Å². The number of aryl methyl sites for hydroxylation is 1. The van der Waals surface area contributed by atoms with E-state index >= 15 is 4.39 Å². The maximum Gasteiger partial charge on any atom is 0.310 e. The minimum absolute atomic E-state index is 0.0125. The van der Waals surface area contributed by atoms with Gasteiger partial charge in [0.05, 0.1) is 21.7 Å². The molecule has 8 nitrogen and oxygen atoms in total. The van der Waals surface area contributed by atoms with E-state index in [-0.39, 0.29) is 53.9 Å². The number of hydrogen-bond donors (Lipinski definition) is 4. The minimum Gasteiger partial charge on any atom is -0.481 e. The molecule has 4 N–H and O–H groups in total. The lowest BCUT2D eigenvalue weighted by molar-refractivity contribution is -0.153. The molecule has 2 atom stereocenters. The summed E-state index contributed by atoms with van der Waals surface area (Å²) in [6.07, 6.45) is 1.15. The summed E-state index contributed by atoms with van der Waals surface area (Å²) in [6.45, 7) is 4.39. The van der Waals surface area contributed by atoms with Gasteiger partial charge in [-0.3, -0.25) is 14.8 Å². The van der Waals surface area contributed by atoms with Crippen molar-refractivity contribution in [3.8, 4) is 0 Å². The zero-order chi connectivity index (χ0) is 27.2. The van der Waals surface area contributed by atoms with Crippen molar-refractivity contribution in [2.45, 2.75) is 64.1 Å². The summed E-state index contributed by atoms with van der Waals surface area (Å²) < 4.78 is 30.2. The van der Waals surface area contributed by atoms with Gasteiger partial charge in [0, 0.05) is 41.9 Å². The second-order valence-corrected chi connectivity index (χ2v) is 11.1. The fraction of sp³-hybridized carbons (Fsp3) is 0.444. The molecule has 2 aliphatic rings. The number of likely N-dealkylation sites (tertiary alicyclic amines) is 1. The number of aliphatic hydroxyl groups is 1. The highest BCUT2D eigenvalue weighted by Gasteiger charge is 2.48. The number of carboxylic acid groups (broad SMARTS) is 1. The summed E-state index contributed by atoms with van der Waals surface area (Å²) in [5.41, 5.74) is -1.20. The topological polar surface area (TPSA) is 114 Å². The number of nitrogens with one attached hydrogen (secondary N) is 2. The highest BCUT2D eigenvalue weighted by Crippen LogP contribution is 2.48. The smallest absolute Gasteiger partial charge is 0.310 e. The SMILES string of the molecule is Cc1cc(Nc2cc(C3(O)CC3)c(F)c(C[C@@]3(C(=O)O)CCN(Cc4cccc(Cl)c4F)[C@H](C)C3)n2)n[nH]1. The van der Waals surface area contributed by atoms with Gasteiger partial charge in [0.25, 0.3) is 0 Å². The number of aliphatic carboxylic acids is 1. The molecule has 38 heavy (non-hydrogen) atoms.